The lowest BCUT2D eigenvalue weighted by Gasteiger charge is -2.28. The molecule has 4 rings (SSSR count). The molecule has 0 bridgehead atoms. The molecular weight excluding hydrogens is 546 g/mol. The minimum atomic E-state index is -4.58. The van der Waals surface area contributed by atoms with Crippen molar-refractivity contribution in [3.8, 4) is 17.6 Å². The molecule has 2 atom stereocenters. The Hall–Kier alpha value is -3.15. The average molecular weight is 572 g/mol. The predicted molar refractivity (Wildman–Crippen MR) is 138 cm³/mol. The lowest BCUT2D eigenvalue weighted by atomic mass is 10.0. The molecule has 204 valence electrons. The van der Waals surface area contributed by atoms with E-state index in [1.165, 1.54) is 35.9 Å². The van der Waals surface area contributed by atoms with Gasteiger partial charge in [0.05, 0.1) is 36.0 Å². The van der Waals surface area contributed by atoms with Crippen molar-refractivity contribution in [1.82, 2.24) is 14.7 Å². The van der Waals surface area contributed by atoms with Gasteiger partial charge in [-0.3, -0.25) is 4.40 Å². The van der Waals surface area contributed by atoms with Gasteiger partial charge in [-0.2, -0.15) is 13.2 Å². The Labute approximate surface area is 221 Å². The molecule has 1 fully saturated rings. The average Bonchev–Trinajstić information content (AvgIpc) is 3.19. The zero-order valence-electron chi connectivity index (χ0n) is 20.4. The van der Waals surface area contributed by atoms with E-state index in [2.05, 4.69) is 32.8 Å². The lowest BCUT2D eigenvalue weighted by Crippen LogP contribution is -2.45. The quantitative estimate of drug-likeness (QED) is 0.223. The fourth-order valence-electron chi connectivity index (χ4n) is 3.95. The Bertz CT molecular complexity index is 1480. The summed E-state index contributed by atoms with van der Waals surface area (Å²) in [6.07, 6.45) is 1.89. The molecule has 0 amide bonds. The second-order valence-electron chi connectivity index (χ2n) is 8.48. The highest BCUT2D eigenvalue weighted by Gasteiger charge is 2.33. The van der Waals surface area contributed by atoms with Crippen LogP contribution in [0.25, 0.3) is 5.65 Å². The van der Waals surface area contributed by atoms with Crippen molar-refractivity contribution < 1.29 is 30.7 Å². The largest absolute Gasteiger partial charge is 0.495 e. The van der Waals surface area contributed by atoms with Crippen molar-refractivity contribution in [1.29, 1.82) is 0 Å². The van der Waals surface area contributed by atoms with Crippen LogP contribution in [0, 0.1) is 11.8 Å². The number of halogens is 4. The Morgan fingerprint density at radius 3 is 2.76 bits per heavy atom. The number of pyridine rings is 1. The number of ether oxygens (including phenoxy) is 1. The maximum atomic E-state index is 14.3. The normalized spacial score (nSPS) is 18.1. The molecule has 3 N–H and O–H groups in total. The maximum Gasteiger partial charge on any atom is 0.447 e. The summed E-state index contributed by atoms with van der Waals surface area (Å²) >= 11 is -0.328. The van der Waals surface area contributed by atoms with E-state index >= 15 is 0 Å². The van der Waals surface area contributed by atoms with Crippen molar-refractivity contribution in [2.45, 2.75) is 34.1 Å². The van der Waals surface area contributed by atoms with Crippen LogP contribution >= 0.6 is 11.8 Å². The van der Waals surface area contributed by atoms with Crippen molar-refractivity contribution >= 4 is 38.6 Å². The van der Waals surface area contributed by atoms with Gasteiger partial charge in [0, 0.05) is 36.8 Å². The standard InChI is InChI=1S/C24H25F4N5O3S2/c1-36-21-13-15(38(2,34)35)7-8-18(21)30-10-3-5-20-23(37-24(26,27)28)33-12-4-6-19(22(33)32-20)31-17-9-11-29-14-16(17)25/h4,6-8,12-13,16-17,29-31H,9-11,14H2,1-2H3. The summed E-state index contributed by atoms with van der Waals surface area (Å²) in [4.78, 5) is 4.43. The summed E-state index contributed by atoms with van der Waals surface area (Å²) in [7, 11) is -2.05. The fraction of sp³-hybridized carbons (Fsp3) is 0.375. The number of aromatic nitrogens is 2. The van der Waals surface area contributed by atoms with E-state index in [0.717, 1.165) is 6.26 Å². The van der Waals surface area contributed by atoms with Crippen LogP contribution in [0.3, 0.4) is 0 Å². The molecule has 0 spiro atoms. The number of methoxy groups -OCH3 is 1. The molecule has 14 heteroatoms. The zero-order chi connectivity index (χ0) is 27.5. The zero-order valence-corrected chi connectivity index (χ0v) is 22.0. The van der Waals surface area contributed by atoms with Crippen LogP contribution in [-0.4, -0.2) is 68.5 Å². The summed E-state index contributed by atoms with van der Waals surface area (Å²) in [5.74, 6) is 5.73. The first kappa shape index (κ1) is 27.9. The first-order chi connectivity index (χ1) is 18.0. The van der Waals surface area contributed by atoms with Crippen LogP contribution in [0.4, 0.5) is 28.9 Å². The number of hydrogen-bond donors (Lipinski definition) is 3. The third-order valence-corrected chi connectivity index (χ3v) is 7.67. The monoisotopic (exact) mass is 571 g/mol. The van der Waals surface area contributed by atoms with Gasteiger partial charge in [0.15, 0.2) is 15.5 Å². The van der Waals surface area contributed by atoms with Gasteiger partial charge >= 0.3 is 5.51 Å². The van der Waals surface area contributed by atoms with Crippen LogP contribution in [-0.2, 0) is 9.84 Å². The van der Waals surface area contributed by atoms with Gasteiger partial charge in [-0.1, -0.05) is 5.92 Å². The molecule has 8 nitrogen and oxygen atoms in total. The SMILES string of the molecule is COc1cc(S(C)(=O)=O)ccc1NCC#Cc1nc2c(NC3CCNCC3F)cccn2c1SC(F)(F)F. The minimum absolute atomic E-state index is 0.0162. The van der Waals surface area contributed by atoms with Gasteiger partial charge in [0.1, 0.15) is 22.6 Å². The molecule has 2 unspecified atom stereocenters. The van der Waals surface area contributed by atoms with E-state index in [-0.39, 0.29) is 51.9 Å². The molecule has 0 aliphatic carbocycles. The van der Waals surface area contributed by atoms with Crippen LogP contribution < -0.4 is 20.7 Å². The second kappa shape index (κ2) is 11.3. The molecule has 1 aliphatic heterocycles. The third kappa shape index (κ3) is 6.64. The van der Waals surface area contributed by atoms with E-state index in [9.17, 15) is 26.0 Å². The summed E-state index contributed by atoms with van der Waals surface area (Å²) in [6, 6.07) is 7.00. The highest BCUT2D eigenvalue weighted by molar-refractivity contribution is 8.00. The Morgan fingerprint density at radius 2 is 2.08 bits per heavy atom. The number of imidazole rings is 1. The van der Waals surface area contributed by atoms with Crippen LogP contribution in [0.1, 0.15) is 12.1 Å². The Kier molecular flexibility index (Phi) is 8.29. The van der Waals surface area contributed by atoms with Gasteiger partial charge < -0.3 is 20.7 Å². The molecule has 1 saturated heterocycles. The number of thioether (sulfide) groups is 1. The molecule has 3 heterocycles. The van der Waals surface area contributed by atoms with Crippen LogP contribution in [0.2, 0.25) is 0 Å². The van der Waals surface area contributed by atoms with E-state index in [4.69, 9.17) is 4.74 Å². The number of hydrogen-bond acceptors (Lipinski definition) is 8. The number of benzene rings is 1. The van der Waals surface area contributed by atoms with E-state index in [1.54, 1.807) is 12.1 Å². The number of rotatable bonds is 7. The molecular formula is C24H25F4N5O3S2. The molecule has 1 aromatic carbocycles. The van der Waals surface area contributed by atoms with Gasteiger partial charge in [-0.25, -0.2) is 17.8 Å². The van der Waals surface area contributed by atoms with E-state index < -0.39 is 27.6 Å². The Morgan fingerprint density at radius 1 is 1.29 bits per heavy atom. The van der Waals surface area contributed by atoms with Crippen molar-refractivity contribution in [3.05, 3.63) is 42.2 Å². The molecule has 1 aliphatic rings. The summed E-state index contributed by atoms with van der Waals surface area (Å²) in [5, 5.41) is 8.81. The lowest BCUT2D eigenvalue weighted by molar-refractivity contribution is -0.0329. The summed E-state index contributed by atoms with van der Waals surface area (Å²) in [6.45, 7) is 0.828. The summed E-state index contributed by atoms with van der Waals surface area (Å²) in [5.41, 5.74) is -3.58. The number of nitrogens with one attached hydrogen (secondary N) is 3. The number of piperidine rings is 1. The molecule has 0 saturated carbocycles. The van der Waals surface area contributed by atoms with Gasteiger partial charge in [-0.05, 0) is 43.2 Å². The first-order valence-electron chi connectivity index (χ1n) is 11.5. The van der Waals surface area contributed by atoms with E-state index in [1.807, 2.05) is 0 Å². The highest BCUT2D eigenvalue weighted by atomic mass is 32.2. The third-order valence-electron chi connectivity index (χ3n) is 5.74. The first-order valence-corrected chi connectivity index (χ1v) is 14.2. The molecule has 2 aromatic heterocycles. The Balaban J connectivity index is 1.61. The van der Waals surface area contributed by atoms with Gasteiger partial charge in [-0.15, -0.1) is 0 Å². The van der Waals surface area contributed by atoms with E-state index in [0.29, 0.717) is 24.3 Å². The van der Waals surface area contributed by atoms with Gasteiger partial charge in [0.2, 0.25) is 0 Å². The molecule has 3 aromatic rings. The number of fused-ring (bicyclic) bond motifs is 1. The molecule has 38 heavy (non-hydrogen) atoms. The number of alkyl halides is 4. The highest BCUT2D eigenvalue weighted by Crippen LogP contribution is 2.39. The van der Waals surface area contributed by atoms with Crippen molar-refractivity contribution in [2.75, 3.05) is 43.6 Å². The predicted octanol–water partition coefficient (Wildman–Crippen LogP) is 3.93. The fourth-order valence-corrected chi connectivity index (χ4v) is 5.24. The number of anilines is 2. The topological polar surface area (TPSA) is 96.8 Å². The second-order valence-corrected chi connectivity index (χ2v) is 11.5. The smallest absolute Gasteiger partial charge is 0.447 e. The summed E-state index contributed by atoms with van der Waals surface area (Å²) < 4.78 is 84.6. The van der Waals surface area contributed by atoms with Crippen LogP contribution in [0.15, 0.2) is 46.5 Å². The van der Waals surface area contributed by atoms with Crippen LogP contribution in [0.5, 0.6) is 5.75 Å². The van der Waals surface area contributed by atoms with Crippen molar-refractivity contribution in [3.63, 3.8) is 0 Å². The van der Waals surface area contributed by atoms with Crippen molar-refractivity contribution in [2.24, 2.45) is 0 Å². The van der Waals surface area contributed by atoms with Gasteiger partial charge in [0.25, 0.3) is 0 Å². The minimum Gasteiger partial charge on any atom is -0.495 e. The number of nitrogens with zero attached hydrogens (tertiary/aromatic N) is 2. The maximum absolute atomic E-state index is 14.3. The molecule has 0 radical (unpaired) electrons. The number of sulfone groups is 1.